The highest BCUT2D eigenvalue weighted by molar-refractivity contribution is 7.90. The molecule has 1 amide bonds. The molecule has 0 saturated carbocycles. The molecular weight excluding hydrogens is 372 g/mol. The molecule has 1 saturated heterocycles. The molecule has 0 radical (unpaired) electrons. The van der Waals surface area contributed by atoms with Crippen molar-refractivity contribution >= 4 is 21.8 Å². The summed E-state index contributed by atoms with van der Waals surface area (Å²) in [5.41, 5.74) is 2.91. The lowest BCUT2D eigenvalue weighted by molar-refractivity contribution is 0.0647. The van der Waals surface area contributed by atoms with Gasteiger partial charge in [-0.15, -0.1) is 0 Å². The van der Waals surface area contributed by atoms with Gasteiger partial charge in [0, 0.05) is 44.5 Å². The molecular formula is C22H26N2O3S. The van der Waals surface area contributed by atoms with E-state index in [1.165, 1.54) is 23.3 Å². The topological polar surface area (TPSA) is 57.7 Å². The minimum atomic E-state index is -3.32. The molecule has 0 unspecified atom stereocenters. The number of amides is 1. The third-order valence-corrected chi connectivity index (χ3v) is 5.96. The van der Waals surface area contributed by atoms with E-state index in [1.54, 1.807) is 17.0 Å². The summed E-state index contributed by atoms with van der Waals surface area (Å²) in [4.78, 5) is 17.1. The first-order chi connectivity index (χ1) is 13.3. The maximum Gasteiger partial charge on any atom is 0.253 e. The molecule has 0 atom stereocenters. The molecule has 28 heavy (non-hydrogen) atoms. The molecule has 0 N–H and O–H groups in total. The summed E-state index contributed by atoms with van der Waals surface area (Å²) >= 11 is 0. The van der Waals surface area contributed by atoms with Crippen molar-refractivity contribution in [1.29, 1.82) is 0 Å². The first kappa shape index (κ1) is 20.3. The smallest absolute Gasteiger partial charge is 0.253 e. The zero-order valence-electron chi connectivity index (χ0n) is 16.3. The molecule has 1 aliphatic heterocycles. The summed E-state index contributed by atoms with van der Waals surface area (Å²) in [5, 5.41) is 0. The second-order valence-corrected chi connectivity index (χ2v) is 9.29. The highest BCUT2D eigenvalue weighted by Gasteiger charge is 2.23. The number of hydrogen-bond acceptors (Lipinski definition) is 4. The third-order valence-electron chi connectivity index (χ3n) is 4.85. The second-order valence-electron chi connectivity index (χ2n) is 7.27. The molecule has 2 aromatic rings. The van der Waals surface area contributed by atoms with E-state index >= 15 is 0 Å². The van der Waals surface area contributed by atoms with E-state index in [2.05, 4.69) is 30.0 Å². The summed E-state index contributed by atoms with van der Waals surface area (Å²) in [6.07, 6.45) is 3.34. The van der Waals surface area contributed by atoms with Gasteiger partial charge in [-0.3, -0.25) is 9.69 Å². The molecule has 0 aliphatic carbocycles. The van der Waals surface area contributed by atoms with E-state index in [4.69, 9.17) is 0 Å². The van der Waals surface area contributed by atoms with Crippen LogP contribution in [0.1, 0.15) is 22.8 Å². The van der Waals surface area contributed by atoms with Crippen LogP contribution in [0.4, 0.5) is 0 Å². The fraction of sp³-hybridized carbons (Fsp3) is 0.318. The molecule has 1 aliphatic rings. The molecule has 5 nitrogen and oxygen atoms in total. The lowest BCUT2D eigenvalue weighted by Crippen LogP contribution is -2.49. The Morgan fingerprint density at radius 3 is 2.32 bits per heavy atom. The average molecular weight is 399 g/mol. The molecule has 0 aromatic heterocycles. The van der Waals surface area contributed by atoms with E-state index in [0.717, 1.165) is 25.9 Å². The molecule has 0 spiro atoms. The zero-order valence-corrected chi connectivity index (χ0v) is 17.2. The van der Waals surface area contributed by atoms with Gasteiger partial charge < -0.3 is 4.90 Å². The number of nitrogens with zero attached hydrogens (tertiary/aromatic N) is 2. The van der Waals surface area contributed by atoms with Gasteiger partial charge in [-0.1, -0.05) is 48.0 Å². The maximum atomic E-state index is 12.8. The number of piperazine rings is 1. The van der Waals surface area contributed by atoms with Crippen LogP contribution in [0.25, 0.3) is 6.08 Å². The summed E-state index contributed by atoms with van der Waals surface area (Å²) in [7, 11) is -3.32. The summed E-state index contributed by atoms with van der Waals surface area (Å²) < 4.78 is 23.4. The first-order valence-electron chi connectivity index (χ1n) is 9.37. The minimum absolute atomic E-state index is 0.110. The molecule has 2 aromatic carbocycles. The van der Waals surface area contributed by atoms with Crippen LogP contribution in [-0.4, -0.2) is 63.1 Å². The number of carbonyl (C=O) groups is 1. The predicted molar refractivity (Wildman–Crippen MR) is 112 cm³/mol. The number of benzene rings is 2. The largest absolute Gasteiger partial charge is 0.336 e. The van der Waals surface area contributed by atoms with Crippen LogP contribution in [0.15, 0.2) is 65.1 Å². The Morgan fingerprint density at radius 1 is 1.00 bits per heavy atom. The van der Waals surface area contributed by atoms with Gasteiger partial charge in [0.05, 0.1) is 4.90 Å². The fourth-order valence-corrected chi connectivity index (χ4v) is 4.05. The Morgan fingerprint density at radius 2 is 1.68 bits per heavy atom. The molecule has 148 valence electrons. The Kier molecular flexibility index (Phi) is 6.31. The van der Waals surface area contributed by atoms with Crippen LogP contribution in [0.3, 0.4) is 0 Å². The van der Waals surface area contributed by atoms with E-state index in [0.29, 0.717) is 18.7 Å². The second kappa shape index (κ2) is 8.71. The standard InChI is InChI=1S/C22H26N2O3S/c1-18(15-19-7-4-3-5-8-19)17-23-11-13-24(14-12-23)22(25)20-9-6-10-21(16-20)28(2,26)27/h3-10,15-16H,11-14,17H2,1-2H3/b18-15+. The molecule has 1 heterocycles. The van der Waals surface area contributed by atoms with Crippen molar-refractivity contribution in [3.05, 3.63) is 71.3 Å². The van der Waals surface area contributed by atoms with Crippen molar-refractivity contribution in [1.82, 2.24) is 9.80 Å². The Bertz CT molecular complexity index is 960. The maximum absolute atomic E-state index is 12.8. The summed E-state index contributed by atoms with van der Waals surface area (Å²) in [5.74, 6) is -0.110. The van der Waals surface area contributed by atoms with Gasteiger partial charge >= 0.3 is 0 Å². The Hall–Kier alpha value is -2.44. The van der Waals surface area contributed by atoms with Crippen LogP contribution >= 0.6 is 0 Å². The van der Waals surface area contributed by atoms with Gasteiger partial charge in [-0.25, -0.2) is 8.42 Å². The number of carbonyl (C=O) groups excluding carboxylic acids is 1. The van der Waals surface area contributed by atoms with Gasteiger partial charge in [-0.2, -0.15) is 0 Å². The fourth-order valence-electron chi connectivity index (χ4n) is 3.38. The number of sulfone groups is 1. The van der Waals surface area contributed by atoms with Crippen molar-refractivity contribution in [2.75, 3.05) is 39.0 Å². The summed E-state index contributed by atoms with van der Waals surface area (Å²) in [6, 6.07) is 16.5. The average Bonchev–Trinajstić information content (AvgIpc) is 2.68. The Balaban J connectivity index is 1.58. The van der Waals surface area contributed by atoms with Gasteiger partial charge in [0.1, 0.15) is 0 Å². The number of rotatable bonds is 5. The van der Waals surface area contributed by atoms with E-state index in [-0.39, 0.29) is 10.8 Å². The summed E-state index contributed by atoms with van der Waals surface area (Å²) in [6.45, 7) is 5.89. The van der Waals surface area contributed by atoms with Crippen molar-refractivity contribution in [3.63, 3.8) is 0 Å². The highest BCUT2D eigenvalue weighted by atomic mass is 32.2. The normalized spacial score (nSPS) is 16.2. The van der Waals surface area contributed by atoms with E-state index in [9.17, 15) is 13.2 Å². The van der Waals surface area contributed by atoms with E-state index in [1.807, 2.05) is 18.2 Å². The van der Waals surface area contributed by atoms with Crippen LogP contribution in [0.2, 0.25) is 0 Å². The van der Waals surface area contributed by atoms with Crippen LogP contribution in [-0.2, 0) is 9.84 Å². The zero-order chi connectivity index (χ0) is 20.1. The third kappa shape index (κ3) is 5.30. The lowest BCUT2D eigenvalue weighted by atomic mass is 10.1. The Labute approximate surface area is 167 Å². The van der Waals surface area contributed by atoms with Crippen molar-refractivity contribution in [2.45, 2.75) is 11.8 Å². The van der Waals surface area contributed by atoms with Crippen molar-refractivity contribution < 1.29 is 13.2 Å². The van der Waals surface area contributed by atoms with Crippen molar-refractivity contribution in [2.24, 2.45) is 0 Å². The predicted octanol–water partition coefficient (Wildman–Crippen LogP) is 2.95. The molecule has 6 heteroatoms. The first-order valence-corrected chi connectivity index (χ1v) is 11.3. The van der Waals surface area contributed by atoms with Crippen molar-refractivity contribution in [3.8, 4) is 0 Å². The minimum Gasteiger partial charge on any atom is -0.336 e. The van der Waals surface area contributed by atoms with Gasteiger partial charge in [0.25, 0.3) is 5.91 Å². The quantitative estimate of drug-likeness (QED) is 0.777. The van der Waals surface area contributed by atoms with Crippen LogP contribution < -0.4 is 0 Å². The van der Waals surface area contributed by atoms with Gasteiger partial charge in [0.2, 0.25) is 0 Å². The number of hydrogen-bond donors (Lipinski definition) is 0. The molecule has 3 rings (SSSR count). The SMILES string of the molecule is C/C(=C\c1ccccc1)CN1CCN(C(=O)c2cccc(S(C)(=O)=O)c2)CC1. The van der Waals surface area contributed by atoms with Crippen LogP contribution in [0.5, 0.6) is 0 Å². The monoisotopic (exact) mass is 398 g/mol. The van der Waals surface area contributed by atoms with Crippen LogP contribution in [0, 0.1) is 0 Å². The highest BCUT2D eigenvalue weighted by Crippen LogP contribution is 2.15. The molecule has 0 bridgehead atoms. The van der Waals surface area contributed by atoms with Gasteiger partial charge in [0.15, 0.2) is 9.84 Å². The molecule has 1 fully saturated rings. The van der Waals surface area contributed by atoms with E-state index < -0.39 is 9.84 Å². The van der Waals surface area contributed by atoms with Gasteiger partial charge in [-0.05, 0) is 30.7 Å². The lowest BCUT2D eigenvalue weighted by Gasteiger charge is -2.35.